The van der Waals surface area contributed by atoms with Gasteiger partial charge in [0, 0.05) is 7.11 Å². The van der Waals surface area contributed by atoms with Gasteiger partial charge in [-0.15, -0.1) is 0 Å². The maximum absolute atomic E-state index is 5.93. The second-order valence-corrected chi connectivity index (χ2v) is 11.8. The molecule has 0 aliphatic carbocycles. The van der Waals surface area contributed by atoms with Crippen molar-refractivity contribution in [2.75, 3.05) is 7.11 Å². The third-order valence-electron chi connectivity index (χ3n) is 5.86. The van der Waals surface area contributed by atoms with Gasteiger partial charge in [0.1, 0.15) is 0 Å². The van der Waals surface area contributed by atoms with Gasteiger partial charge in [-0.1, -0.05) is 54.6 Å². The number of hydrogen-bond acceptors (Lipinski definition) is 1. The van der Waals surface area contributed by atoms with E-state index in [4.69, 9.17) is 4.43 Å². The zero-order chi connectivity index (χ0) is 18.6. The molecule has 132 valence electrons. The van der Waals surface area contributed by atoms with Crippen LogP contribution in [0.3, 0.4) is 0 Å². The molecule has 5 aromatic rings. The van der Waals surface area contributed by atoms with Gasteiger partial charge >= 0.3 is 0 Å². The molecule has 0 unspecified atom stereocenters. The van der Waals surface area contributed by atoms with E-state index >= 15 is 0 Å². The lowest BCUT2D eigenvalue weighted by Crippen LogP contribution is -2.44. The largest absolute Gasteiger partial charge is 0.416 e. The summed E-state index contributed by atoms with van der Waals surface area (Å²) < 4.78 is 5.93. The van der Waals surface area contributed by atoms with Gasteiger partial charge in [-0.05, 0) is 85.6 Å². The number of benzene rings is 5. The number of rotatable bonds is 2. The Kier molecular flexibility index (Phi) is 3.61. The minimum absolute atomic E-state index is 1.29. The van der Waals surface area contributed by atoms with Crippen molar-refractivity contribution in [1.82, 2.24) is 0 Å². The molecule has 2 heteroatoms. The monoisotopic (exact) mass is 366 g/mol. The molecule has 5 rings (SSSR count). The highest BCUT2D eigenvalue weighted by Crippen LogP contribution is 2.32. The zero-order valence-corrected chi connectivity index (χ0v) is 16.9. The lowest BCUT2D eigenvalue weighted by atomic mass is 9.96. The van der Waals surface area contributed by atoms with Crippen LogP contribution in [0.25, 0.3) is 43.1 Å². The number of fused-ring (bicyclic) bond motifs is 5. The molecule has 0 saturated carbocycles. The van der Waals surface area contributed by atoms with E-state index in [1.165, 1.54) is 48.3 Å². The van der Waals surface area contributed by atoms with Crippen LogP contribution in [0.2, 0.25) is 13.1 Å². The third-order valence-corrected chi connectivity index (χ3v) is 8.61. The average molecular weight is 367 g/mol. The van der Waals surface area contributed by atoms with Gasteiger partial charge in [-0.2, -0.15) is 0 Å². The number of hydrogen-bond donors (Lipinski definition) is 0. The molecule has 0 aliphatic rings. The van der Waals surface area contributed by atoms with E-state index in [0.717, 1.165) is 0 Å². The van der Waals surface area contributed by atoms with E-state index in [-0.39, 0.29) is 0 Å². The van der Waals surface area contributed by atoms with Crippen molar-refractivity contribution in [3.8, 4) is 0 Å². The summed E-state index contributed by atoms with van der Waals surface area (Å²) in [6, 6.07) is 29.0. The van der Waals surface area contributed by atoms with Crippen LogP contribution in [-0.4, -0.2) is 15.4 Å². The Morgan fingerprint density at radius 3 is 1.81 bits per heavy atom. The first-order valence-electron chi connectivity index (χ1n) is 9.40. The Bertz CT molecular complexity index is 1330. The molecule has 0 aliphatic heterocycles. The second kappa shape index (κ2) is 5.91. The van der Waals surface area contributed by atoms with Crippen LogP contribution in [0.1, 0.15) is 0 Å². The molecule has 0 fully saturated rings. The Hall–Kier alpha value is -2.68. The highest BCUT2D eigenvalue weighted by atomic mass is 28.4. The molecule has 0 saturated heterocycles. The van der Waals surface area contributed by atoms with Gasteiger partial charge < -0.3 is 4.43 Å². The fourth-order valence-corrected chi connectivity index (χ4v) is 5.74. The first kappa shape index (κ1) is 16.5. The van der Waals surface area contributed by atoms with E-state index in [2.05, 4.69) is 92.0 Å². The van der Waals surface area contributed by atoms with Crippen molar-refractivity contribution in [3.63, 3.8) is 0 Å². The summed E-state index contributed by atoms with van der Waals surface area (Å²) in [4.78, 5) is 0. The second-order valence-electron chi connectivity index (χ2n) is 7.80. The molecule has 0 atom stereocenters. The topological polar surface area (TPSA) is 9.23 Å². The highest BCUT2D eigenvalue weighted by molar-refractivity contribution is 6.86. The van der Waals surface area contributed by atoms with E-state index in [1.807, 2.05) is 7.11 Å². The van der Waals surface area contributed by atoms with Gasteiger partial charge in [0.15, 0.2) is 0 Å². The molecule has 0 heterocycles. The summed E-state index contributed by atoms with van der Waals surface area (Å²) in [6.45, 7) is 4.53. The molecule has 27 heavy (non-hydrogen) atoms. The normalized spacial score (nSPS) is 12.4. The molecule has 0 amide bonds. The van der Waals surface area contributed by atoms with Crippen LogP contribution in [0, 0.1) is 0 Å². The minimum Gasteiger partial charge on any atom is -0.416 e. The van der Waals surface area contributed by atoms with Crippen LogP contribution >= 0.6 is 0 Å². The fraction of sp³-hybridized carbons (Fsp3) is 0.120. The lowest BCUT2D eigenvalue weighted by Gasteiger charge is -2.22. The van der Waals surface area contributed by atoms with Crippen LogP contribution < -0.4 is 5.19 Å². The van der Waals surface area contributed by atoms with Crippen LogP contribution in [0.5, 0.6) is 0 Å². The first-order valence-corrected chi connectivity index (χ1v) is 12.3. The Morgan fingerprint density at radius 1 is 0.556 bits per heavy atom. The zero-order valence-electron chi connectivity index (χ0n) is 15.9. The highest BCUT2D eigenvalue weighted by Gasteiger charge is 2.25. The van der Waals surface area contributed by atoms with Crippen molar-refractivity contribution in [2.45, 2.75) is 13.1 Å². The standard InChI is InChI=1S/C25H22OSi/c1-26-27(2,3)25-10-6-9-19-14-21-12-11-20-13-17-7-4-5-8-18(17)15-22(20)23(21)16-24(19)25/h4-16H,1-3H3. The van der Waals surface area contributed by atoms with Crippen LogP contribution in [-0.2, 0) is 4.43 Å². The molecule has 0 aromatic heterocycles. The molecule has 0 N–H and O–H groups in total. The van der Waals surface area contributed by atoms with Crippen molar-refractivity contribution >= 4 is 56.6 Å². The van der Waals surface area contributed by atoms with Gasteiger partial charge in [0.05, 0.1) is 0 Å². The van der Waals surface area contributed by atoms with E-state index in [9.17, 15) is 0 Å². The van der Waals surface area contributed by atoms with Gasteiger partial charge in [0.25, 0.3) is 0 Å². The minimum atomic E-state index is -1.92. The fourth-order valence-electron chi connectivity index (χ4n) is 4.16. The molecular formula is C25H22OSi. The maximum Gasteiger partial charge on any atom is 0.218 e. The predicted octanol–water partition coefficient (Wildman–Crippen LogP) is 6.36. The predicted molar refractivity (Wildman–Crippen MR) is 121 cm³/mol. The molecule has 0 spiro atoms. The summed E-state index contributed by atoms with van der Waals surface area (Å²) >= 11 is 0. The van der Waals surface area contributed by atoms with Crippen LogP contribution in [0.4, 0.5) is 0 Å². The first-order chi connectivity index (χ1) is 13.1. The summed E-state index contributed by atoms with van der Waals surface area (Å²) in [5.41, 5.74) is 0. The third kappa shape index (κ3) is 2.56. The summed E-state index contributed by atoms with van der Waals surface area (Å²) in [7, 11) is -0.0755. The van der Waals surface area contributed by atoms with Crippen molar-refractivity contribution < 1.29 is 4.43 Å². The lowest BCUT2D eigenvalue weighted by molar-refractivity contribution is 0.416. The Morgan fingerprint density at radius 2 is 1.11 bits per heavy atom. The van der Waals surface area contributed by atoms with E-state index in [1.54, 1.807) is 0 Å². The van der Waals surface area contributed by atoms with Gasteiger partial charge in [-0.3, -0.25) is 0 Å². The average Bonchev–Trinajstić information content (AvgIpc) is 2.70. The molecule has 1 nitrogen and oxygen atoms in total. The molecule has 5 aromatic carbocycles. The van der Waals surface area contributed by atoms with Crippen molar-refractivity contribution in [1.29, 1.82) is 0 Å². The van der Waals surface area contributed by atoms with Crippen LogP contribution in [0.15, 0.2) is 78.9 Å². The maximum atomic E-state index is 5.93. The summed E-state index contributed by atoms with van der Waals surface area (Å²) in [6.07, 6.45) is 0. The SMILES string of the molecule is CO[Si](C)(C)c1cccc2cc3ccc4cc5ccccc5cc4c3cc12. The van der Waals surface area contributed by atoms with Crippen molar-refractivity contribution in [3.05, 3.63) is 78.9 Å². The quantitative estimate of drug-likeness (QED) is 0.201. The van der Waals surface area contributed by atoms with Crippen molar-refractivity contribution in [2.24, 2.45) is 0 Å². The Labute approximate surface area is 160 Å². The molecule has 0 bridgehead atoms. The summed E-state index contributed by atoms with van der Waals surface area (Å²) in [5.74, 6) is 0. The van der Waals surface area contributed by atoms with E-state index in [0.29, 0.717) is 0 Å². The molecular weight excluding hydrogens is 344 g/mol. The molecule has 0 radical (unpaired) electrons. The van der Waals surface area contributed by atoms with Gasteiger partial charge in [-0.25, -0.2) is 0 Å². The summed E-state index contributed by atoms with van der Waals surface area (Å²) in [5, 5.41) is 11.8. The Balaban J connectivity index is 1.93. The van der Waals surface area contributed by atoms with Gasteiger partial charge in [0.2, 0.25) is 8.32 Å². The van der Waals surface area contributed by atoms with E-state index < -0.39 is 8.32 Å². The smallest absolute Gasteiger partial charge is 0.218 e.